The number of aromatic nitrogens is 4. The third-order valence-electron chi connectivity index (χ3n) is 4.73. The number of rotatable bonds is 6. The Morgan fingerprint density at radius 1 is 1.04 bits per heavy atom. The number of fused-ring (bicyclic) bond motifs is 2. The van der Waals surface area contributed by atoms with Crippen molar-refractivity contribution in [3.05, 3.63) is 70.9 Å². The minimum atomic E-state index is -0.386. The molecule has 2 aromatic heterocycles. The van der Waals surface area contributed by atoms with Crippen molar-refractivity contribution < 1.29 is 4.79 Å². The fourth-order valence-corrected chi connectivity index (χ4v) is 3.28. The lowest BCUT2D eigenvalue weighted by Crippen LogP contribution is -2.30. The molecular formula is C21H21N5O2. The van der Waals surface area contributed by atoms with Crippen LogP contribution < -0.4 is 11.0 Å². The van der Waals surface area contributed by atoms with Gasteiger partial charge in [-0.2, -0.15) is 5.10 Å². The normalized spacial score (nSPS) is 11.2. The second-order valence-electron chi connectivity index (χ2n) is 6.67. The van der Waals surface area contributed by atoms with Gasteiger partial charge in [-0.15, -0.1) is 0 Å². The van der Waals surface area contributed by atoms with Crippen LogP contribution in [-0.2, 0) is 6.54 Å². The Morgan fingerprint density at radius 3 is 2.61 bits per heavy atom. The van der Waals surface area contributed by atoms with Crippen LogP contribution in [0.15, 0.2) is 59.7 Å². The lowest BCUT2D eigenvalue weighted by atomic mass is 10.1. The van der Waals surface area contributed by atoms with Crippen molar-refractivity contribution in [1.82, 2.24) is 19.4 Å². The average Bonchev–Trinajstić information content (AvgIpc) is 3.13. The molecule has 0 aliphatic carbocycles. The van der Waals surface area contributed by atoms with Crippen LogP contribution in [0, 0.1) is 0 Å². The molecule has 0 spiro atoms. The molecule has 0 saturated heterocycles. The van der Waals surface area contributed by atoms with Crippen molar-refractivity contribution in [2.24, 2.45) is 0 Å². The van der Waals surface area contributed by atoms with Crippen LogP contribution in [0.4, 0.5) is 0 Å². The average molecular weight is 375 g/mol. The van der Waals surface area contributed by atoms with Gasteiger partial charge in [-0.3, -0.25) is 15.0 Å². The largest absolute Gasteiger partial charge is 0.291 e. The molecular weight excluding hydrogens is 354 g/mol. The molecule has 0 aliphatic rings. The summed E-state index contributed by atoms with van der Waals surface area (Å²) < 4.78 is 2.97. The van der Waals surface area contributed by atoms with Crippen molar-refractivity contribution in [3.63, 3.8) is 0 Å². The fourth-order valence-electron chi connectivity index (χ4n) is 3.28. The summed E-state index contributed by atoms with van der Waals surface area (Å²) in [6, 6.07) is 14.6. The van der Waals surface area contributed by atoms with Crippen LogP contribution in [0.2, 0.25) is 0 Å². The number of hydrogen-bond acceptors (Lipinski definition) is 4. The highest BCUT2D eigenvalue weighted by Gasteiger charge is 2.17. The highest BCUT2D eigenvalue weighted by molar-refractivity contribution is 6.08. The van der Waals surface area contributed by atoms with Crippen molar-refractivity contribution in [2.45, 2.75) is 32.7 Å². The highest BCUT2D eigenvalue weighted by atomic mass is 16.2. The molecule has 1 amide bonds. The van der Waals surface area contributed by atoms with E-state index < -0.39 is 0 Å². The minimum Gasteiger partial charge on any atom is -0.267 e. The maximum Gasteiger partial charge on any atom is 0.291 e. The molecule has 1 N–H and O–H groups in total. The molecule has 4 rings (SSSR count). The number of carbonyl (C=O) groups excluding carboxylic acids is 1. The van der Waals surface area contributed by atoms with Gasteiger partial charge in [0, 0.05) is 11.9 Å². The van der Waals surface area contributed by atoms with Gasteiger partial charge in [-0.1, -0.05) is 50.1 Å². The Bertz CT molecular complexity index is 1210. The topological polar surface area (TPSA) is 81.8 Å². The third-order valence-corrected chi connectivity index (χ3v) is 4.73. The van der Waals surface area contributed by atoms with Crippen LogP contribution in [0.3, 0.4) is 0 Å². The maximum absolute atomic E-state index is 13.0. The molecule has 0 bridgehead atoms. The lowest BCUT2D eigenvalue weighted by Gasteiger charge is -2.12. The number of amides is 1. The zero-order valence-electron chi connectivity index (χ0n) is 15.6. The number of hydrogen-bond donors (Lipinski definition) is 1. The van der Waals surface area contributed by atoms with Crippen molar-refractivity contribution in [1.29, 1.82) is 0 Å². The molecule has 0 aliphatic heterocycles. The first kappa shape index (κ1) is 17.9. The molecule has 0 atom stereocenters. The number of benzene rings is 2. The first-order valence-electron chi connectivity index (χ1n) is 9.42. The molecule has 2 aromatic carbocycles. The number of nitrogens with zero attached hydrogens (tertiary/aromatic N) is 4. The first-order chi connectivity index (χ1) is 13.7. The van der Waals surface area contributed by atoms with Gasteiger partial charge in [0.05, 0.1) is 16.4 Å². The van der Waals surface area contributed by atoms with E-state index in [0.717, 1.165) is 30.3 Å². The number of nitrogens with one attached hydrogen (secondary N) is 1. The van der Waals surface area contributed by atoms with Crippen molar-refractivity contribution >= 4 is 27.7 Å². The Morgan fingerprint density at radius 2 is 1.79 bits per heavy atom. The Hall–Kier alpha value is -3.48. The molecule has 7 nitrogen and oxygen atoms in total. The van der Waals surface area contributed by atoms with Gasteiger partial charge in [0.25, 0.3) is 11.5 Å². The summed E-state index contributed by atoms with van der Waals surface area (Å²) in [5, 5.41) is 5.43. The molecule has 0 fully saturated rings. The fraction of sp³-hybridized carbons (Fsp3) is 0.238. The monoisotopic (exact) mass is 375 g/mol. The summed E-state index contributed by atoms with van der Waals surface area (Å²) >= 11 is 0. The van der Waals surface area contributed by atoms with E-state index in [1.165, 1.54) is 4.68 Å². The van der Waals surface area contributed by atoms with Crippen molar-refractivity contribution in [3.8, 4) is 0 Å². The summed E-state index contributed by atoms with van der Waals surface area (Å²) in [6.45, 7) is 2.59. The summed E-state index contributed by atoms with van der Waals surface area (Å²) in [5.74, 6) is -0.386. The van der Waals surface area contributed by atoms with E-state index in [9.17, 15) is 9.59 Å². The maximum atomic E-state index is 13.0. The number of para-hydroxylation sites is 2. The Labute approximate surface area is 161 Å². The van der Waals surface area contributed by atoms with E-state index in [1.807, 2.05) is 24.3 Å². The van der Waals surface area contributed by atoms with Gasteiger partial charge in [-0.05, 0) is 24.6 Å². The number of aryl methyl sites for hydroxylation is 1. The Kier molecular flexibility index (Phi) is 4.89. The van der Waals surface area contributed by atoms with Crippen LogP contribution in [0.1, 0.15) is 36.7 Å². The molecule has 7 heteroatoms. The molecule has 142 valence electrons. The SMILES string of the molecule is CCCCCn1nc(C(=O)Nn2cnc3ccccc32)c2ccccc2c1=O. The van der Waals surface area contributed by atoms with E-state index >= 15 is 0 Å². The molecule has 4 aromatic rings. The summed E-state index contributed by atoms with van der Waals surface area (Å²) in [6.07, 6.45) is 4.45. The van der Waals surface area contributed by atoms with Gasteiger partial charge in [-0.25, -0.2) is 14.3 Å². The second-order valence-corrected chi connectivity index (χ2v) is 6.67. The first-order valence-corrected chi connectivity index (χ1v) is 9.42. The van der Waals surface area contributed by atoms with Crippen LogP contribution in [0.5, 0.6) is 0 Å². The van der Waals surface area contributed by atoms with Gasteiger partial charge in [0.1, 0.15) is 6.33 Å². The summed E-state index contributed by atoms with van der Waals surface area (Å²) in [7, 11) is 0. The number of imidazole rings is 1. The lowest BCUT2D eigenvalue weighted by molar-refractivity contribution is 0.100. The zero-order chi connectivity index (χ0) is 19.5. The zero-order valence-corrected chi connectivity index (χ0v) is 15.6. The van der Waals surface area contributed by atoms with Crippen LogP contribution in [0.25, 0.3) is 21.8 Å². The molecule has 28 heavy (non-hydrogen) atoms. The van der Waals surface area contributed by atoms with Gasteiger partial charge >= 0.3 is 0 Å². The Balaban J connectivity index is 1.75. The highest BCUT2D eigenvalue weighted by Crippen LogP contribution is 2.15. The second kappa shape index (κ2) is 7.64. The van der Waals surface area contributed by atoms with Gasteiger partial charge in [0.2, 0.25) is 0 Å². The van der Waals surface area contributed by atoms with E-state index in [4.69, 9.17) is 0 Å². The predicted octanol–water partition coefficient (Wildman–Crippen LogP) is 3.32. The molecule has 0 unspecified atom stereocenters. The molecule has 0 saturated carbocycles. The smallest absolute Gasteiger partial charge is 0.267 e. The van der Waals surface area contributed by atoms with E-state index in [2.05, 4.69) is 22.4 Å². The van der Waals surface area contributed by atoms with E-state index in [-0.39, 0.29) is 17.2 Å². The number of carbonyl (C=O) groups is 1. The molecule has 2 heterocycles. The summed E-state index contributed by atoms with van der Waals surface area (Å²) in [5.41, 5.74) is 4.45. The number of unbranched alkanes of at least 4 members (excludes halogenated alkanes) is 2. The predicted molar refractivity (Wildman–Crippen MR) is 109 cm³/mol. The summed E-state index contributed by atoms with van der Waals surface area (Å²) in [4.78, 5) is 30.1. The van der Waals surface area contributed by atoms with E-state index in [1.54, 1.807) is 35.3 Å². The standard InChI is InChI=1S/C21H21N5O2/c1-2-3-8-13-25-21(28)16-10-5-4-9-15(16)19(23-25)20(27)24-26-14-22-17-11-6-7-12-18(17)26/h4-7,9-12,14H,2-3,8,13H2,1H3,(H,24,27). The van der Waals surface area contributed by atoms with Crippen LogP contribution >= 0.6 is 0 Å². The van der Waals surface area contributed by atoms with Crippen LogP contribution in [-0.4, -0.2) is 25.3 Å². The van der Waals surface area contributed by atoms with Gasteiger partial charge < -0.3 is 0 Å². The quantitative estimate of drug-likeness (QED) is 0.524. The third kappa shape index (κ3) is 3.26. The van der Waals surface area contributed by atoms with Gasteiger partial charge in [0.15, 0.2) is 5.69 Å². The minimum absolute atomic E-state index is 0.170. The molecule has 0 radical (unpaired) electrons. The van der Waals surface area contributed by atoms with E-state index in [0.29, 0.717) is 17.3 Å². The van der Waals surface area contributed by atoms with Crippen molar-refractivity contribution in [2.75, 3.05) is 5.43 Å².